The van der Waals surface area contributed by atoms with E-state index in [1.807, 2.05) is 0 Å². The summed E-state index contributed by atoms with van der Waals surface area (Å²) in [5.41, 5.74) is 0.417. The molecular weight excluding hydrogens is 278 g/mol. The number of pyridine rings is 1. The number of hydrogen-bond donors (Lipinski definition) is 1. The Labute approximate surface area is 122 Å². The average Bonchev–Trinajstić information content (AvgIpc) is 2.46. The third kappa shape index (κ3) is 2.38. The van der Waals surface area contributed by atoms with Gasteiger partial charge in [0, 0.05) is 18.4 Å². The van der Waals surface area contributed by atoms with Gasteiger partial charge in [-0.1, -0.05) is 24.4 Å². The van der Waals surface area contributed by atoms with Gasteiger partial charge in [0.05, 0.1) is 16.6 Å². The second-order valence-electron chi connectivity index (χ2n) is 5.31. The Kier molecular flexibility index (Phi) is 3.61. The van der Waals surface area contributed by atoms with E-state index >= 15 is 0 Å². The number of amides is 2. The van der Waals surface area contributed by atoms with E-state index in [2.05, 4.69) is 10.3 Å². The Morgan fingerprint density at radius 2 is 2.20 bits per heavy atom. The topological polar surface area (TPSA) is 62.3 Å². The van der Waals surface area contributed by atoms with Gasteiger partial charge in [-0.3, -0.25) is 14.6 Å². The van der Waals surface area contributed by atoms with Crippen LogP contribution in [-0.2, 0) is 4.79 Å². The van der Waals surface area contributed by atoms with E-state index in [0.29, 0.717) is 10.6 Å². The van der Waals surface area contributed by atoms with Gasteiger partial charge in [-0.15, -0.1) is 0 Å². The summed E-state index contributed by atoms with van der Waals surface area (Å²) >= 11 is 6.04. The number of piperazine rings is 1. The Morgan fingerprint density at radius 3 is 3.00 bits per heavy atom. The molecule has 1 aromatic heterocycles. The fraction of sp³-hybridized carbons (Fsp3) is 0.500. The Balaban J connectivity index is 1.89. The first-order chi connectivity index (χ1) is 9.66. The number of hydrogen-bond acceptors (Lipinski definition) is 3. The highest BCUT2D eigenvalue weighted by Gasteiger charge is 2.39. The number of aromatic nitrogens is 1. The van der Waals surface area contributed by atoms with Crippen LogP contribution in [0.1, 0.15) is 36.0 Å². The fourth-order valence-corrected chi connectivity index (χ4v) is 3.30. The van der Waals surface area contributed by atoms with Crippen LogP contribution in [0.15, 0.2) is 18.5 Å². The van der Waals surface area contributed by atoms with Crippen molar-refractivity contribution in [1.29, 1.82) is 0 Å². The van der Waals surface area contributed by atoms with Gasteiger partial charge in [0.2, 0.25) is 5.91 Å². The minimum absolute atomic E-state index is 0.0783. The average molecular weight is 294 g/mol. The first-order valence-electron chi connectivity index (χ1n) is 6.86. The summed E-state index contributed by atoms with van der Waals surface area (Å²) in [5, 5.41) is 3.32. The third-order valence-corrected chi connectivity index (χ3v) is 4.36. The smallest absolute Gasteiger partial charge is 0.256 e. The summed E-state index contributed by atoms with van der Waals surface area (Å²) in [6.07, 6.45) is 7.05. The second kappa shape index (κ2) is 5.40. The molecule has 0 spiro atoms. The molecule has 20 heavy (non-hydrogen) atoms. The van der Waals surface area contributed by atoms with Crippen LogP contribution in [0.5, 0.6) is 0 Å². The molecule has 106 valence electrons. The zero-order valence-corrected chi connectivity index (χ0v) is 11.8. The van der Waals surface area contributed by atoms with E-state index in [4.69, 9.17) is 11.6 Å². The Hall–Kier alpha value is -1.62. The van der Waals surface area contributed by atoms with Crippen molar-refractivity contribution < 1.29 is 9.59 Å². The van der Waals surface area contributed by atoms with Crippen LogP contribution < -0.4 is 5.32 Å². The maximum atomic E-state index is 12.7. The number of carbonyl (C=O) groups excluding carboxylic acids is 2. The quantitative estimate of drug-likeness (QED) is 0.856. The maximum Gasteiger partial charge on any atom is 0.256 e. The van der Waals surface area contributed by atoms with Crippen LogP contribution in [-0.4, -0.2) is 40.3 Å². The molecule has 3 rings (SSSR count). The predicted octanol–water partition coefficient (Wildman–Crippen LogP) is 1.62. The molecule has 2 amide bonds. The Bertz CT molecular complexity index is 549. The summed E-state index contributed by atoms with van der Waals surface area (Å²) in [5.74, 6) is -0.268. The van der Waals surface area contributed by atoms with E-state index in [-0.39, 0.29) is 30.4 Å². The summed E-state index contributed by atoms with van der Waals surface area (Å²) in [6, 6.07) is 1.77. The van der Waals surface area contributed by atoms with Crippen molar-refractivity contribution >= 4 is 23.4 Å². The number of carbonyl (C=O) groups is 2. The molecule has 2 aliphatic rings. The summed E-state index contributed by atoms with van der Waals surface area (Å²) in [7, 11) is 0. The van der Waals surface area contributed by atoms with Gasteiger partial charge in [-0.05, 0) is 18.9 Å². The third-order valence-electron chi connectivity index (χ3n) is 4.05. The van der Waals surface area contributed by atoms with Crippen molar-refractivity contribution in [2.75, 3.05) is 6.54 Å². The van der Waals surface area contributed by atoms with Gasteiger partial charge in [0.15, 0.2) is 0 Å². The summed E-state index contributed by atoms with van der Waals surface area (Å²) < 4.78 is 0. The molecule has 1 aromatic rings. The molecule has 2 atom stereocenters. The molecule has 2 heterocycles. The molecule has 1 aliphatic carbocycles. The summed E-state index contributed by atoms with van der Waals surface area (Å²) in [6.45, 7) is 0.110. The first kappa shape index (κ1) is 13.4. The molecule has 5 nitrogen and oxygen atoms in total. The number of nitrogens with one attached hydrogen (secondary N) is 1. The van der Waals surface area contributed by atoms with E-state index in [9.17, 15) is 9.59 Å². The van der Waals surface area contributed by atoms with Gasteiger partial charge in [0.1, 0.15) is 6.54 Å². The van der Waals surface area contributed by atoms with E-state index in [1.165, 1.54) is 6.20 Å². The molecule has 1 saturated carbocycles. The monoisotopic (exact) mass is 293 g/mol. The zero-order valence-electron chi connectivity index (χ0n) is 11.0. The van der Waals surface area contributed by atoms with E-state index in [1.54, 1.807) is 17.2 Å². The van der Waals surface area contributed by atoms with E-state index < -0.39 is 0 Å². The molecular formula is C14H16ClN3O2. The lowest BCUT2D eigenvalue weighted by Gasteiger charge is -2.44. The maximum absolute atomic E-state index is 12.7. The van der Waals surface area contributed by atoms with Crippen molar-refractivity contribution in [3.05, 3.63) is 29.0 Å². The molecule has 1 aliphatic heterocycles. The van der Waals surface area contributed by atoms with Crippen molar-refractivity contribution in [1.82, 2.24) is 15.2 Å². The molecule has 0 aromatic carbocycles. The van der Waals surface area contributed by atoms with Crippen LogP contribution in [0.2, 0.25) is 5.02 Å². The van der Waals surface area contributed by atoms with Gasteiger partial charge < -0.3 is 10.2 Å². The molecule has 2 fully saturated rings. The first-order valence-corrected chi connectivity index (χ1v) is 7.24. The highest BCUT2D eigenvalue weighted by molar-refractivity contribution is 6.33. The van der Waals surface area contributed by atoms with Crippen LogP contribution in [0.3, 0.4) is 0 Å². The lowest BCUT2D eigenvalue weighted by atomic mass is 9.87. The normalized spacial score (nSPS) is 25.9. The molecule has 1 N–H and O–H groups in total. The minimum Gasteiger partial charge on any atom is -0.350 e. The van der Waals surface area contributed by atoms with Gasteiger partial charge in [-0.2, -0.15) is 0 Å². The van der Waals surface area contributed by atoms with Crippen molar-refractivity contribution in [2.45, 2.75) is 37.8 Å². The molecule has 1 saturated heterocycles. The van der Waals surface area contributed by atoms with Crippen molar-refractivity contribution in [2.24, 2.45) is 0 Å². The van der Waals surface area contributed by atoms with Crippen molar-refractivity contribution in [3.8, 4) is 0 Å². The summed E-state index contributed by atoms with van der Waals surface area (Å²) in [4.78, 5) is 30.0. The minimum atomic E-state index is -0.177. The number of nitrogens with zero attached hydrogens (tertiary/aromatic N) is 2. The Morgan fingerprint density at radius 1 is 1.40 bits per heavy atom. The SMILES string of the molecule is O=C1CN(C(=O)c2ccncc2Cl)C2CCCCC2N1. The molecule has 2 unspecified atom stereocenters. The van der Waals surface area contributed by atoms with Crippen LogP contribution in [0.4, 0.5) is 0 Å². The van der Waals surface area contributed by atoms with Crippen LogP contribution >= 0.6 is 11.6 Å². The fourth-order valence-electron chi connectivity index (χ4n) is 3.10. The molecule has 0 radical (unpaired) electrons. The molecule has 6 heteroatoms. The lowest BCUT2D eigenvalue weighted by Crippen LogP contribution is -2.62. The second-order valence-corrected chi connectivity index (χ2v) is 5.72. The van der Waals surface area contributed by atoms with Gasteiger partial charge in [-0.25, -0.2) is 0 Å². The highest BCUT2D eigenvalue weighted by atomic mass is 35.5. The largest absolute Gasteiger partial charge is 0.350 e. The standard InChI is InChI=1S/C14H16ClN3O2/c15-10-7-16-6-5-9(10)14(20)18-8-13(19)17-11-3-1-2-4-12(11)18/h5-7,11-12H,1-4,8H2,(H,17,19). The van der Waals surface area contributed by atoms with Crippen molar-refractivity contribution in [3.63, 3.8) is 0 Å². The van der Waals surface area contributed by atoms with Gasteiger partial charge in [0.25, 0.3) is 5.91 Å². The van der Waals surface area contributed by atoms with E-state index in [0.717, 1.165) is 25.7 Å². The zero-order chi connectivity index (χ0) is 14.1. The van der Waals surface area contributed by atoms with Gasteiger partial charge >= 0.3 is 0 Å². The lowest BCUT2D eigenvalue weighted by molar-refractivity contribution is -0.127. The number of rotatable bonds is 1. The highest BCUT2D eigenvalue weighted by Crippen LogP contribution is 2.28. The predicted molar refractivity (Wildman–Crippen MR) is 74.5 cm³/mol. The van der Waals surface area contributed by atoms with Crippen LogP contribution in [0.25, 0.3) is 0 Å². The number of halogens is 1. The number of fused-ring (bicyclic) bond motifs is 1. The molecule has 0 bridgehead atoms. The van der Waals surface area contributed by atoms with Crippen LogP contribution in [0, 0.1) is 0 Å².